The van der Waals surface area contributed by atoms with Gasteiger partial charge in [-0.25, -0.2) is 0 Å². The van der Waals surface area contributed by atoms with Crippen LogP contribution in [0.15, 0.2) is 36.4 Å². The molecule has 1 N–H and O–H groups in total. The summed E-state index contributed by atoms with van der Waals surface area (Å²) in [7, 11) is 0. The number of carbonyl (C=O) groups excluding carboxylic acids is 1. The molecule has 0 saturated heterocycles. The first-order chi connectivity index (χ1) is 11.9. The number of alkyl halides is 3. The third-order valence-electron chi connectivity index (χ3n) is 3.86. The van der Waals surface area contributed by atoms with E-state index in [0.717, 1.165) is 18.9 Å². The number of carbonyl (C=O) groups is 1. The summed E-state index contributed by atoms with van der Waals surface area (Å²) >= 11 is 0. The topological polar surface area (TPSA) is 56.1 Å². The van der Waals surface area contributed by atoms with E-state index in [1.54, 1.807) is 24.3 Å². The summed E-state index contributed by atoms with van der Waals surface area (Å²) in [4.78, 5) is 11.8. The van der Waals surface area contributed by atoms with Gasteiger partial charge in [-0.3, -0.25) is 9.48 Å². The van der Waals surface area contributed by atoms with Crippen molar-refractivity contribution in [2.24, 2.45) is 0 Å². The van der Waals surface area contributed by atoms with Crippen LogP contribution in [0.2, 0.25) is 0 Å². The molecule has 1 amide bonds. The van der Waals surface area contributed by atoms with Crippen molar-refractivity contribution in [1.82, 2.24) is 15.1 Å². The minimum absolute atomic E-state index is 0.140. The normalized spacial score (nSPS) is 14.4. The van der Waals surface area contributed by atoms with Gasteiger partial charge in [0.2, 0.25) is 0 Å². The maximum Gasteiger partial charge on any atom is 0.435 e. The zero-order chi connectivity index (χ0) is 17.9. The summed E-state index contributed by atoms with van der Waals surface area (Å²) in [5.74, 6) is 0.385. The first kappa shape index (κ1) is 17.3. The molecule has 25 heavy (non-hydrogen) atoms. The predicted molar refractivity (Wildman–Crippen MR) is 84.2 cm³/mol. The number of halogens is 3. The lowest BCUT2D eigenvalue weighted by molar-refractivity contribution is -0.141. The zero-order valence-electron chi connectivity index (χ0n) is 13.4. The molecule has 0 aliphatic heterocycles. The van der Waals surface area contributed by atoms with Gasteiger partial charge in [0.25, 0.3) is 5.91 Å². The van der Waals surface area contributed by atoms with Gasteiger partial charge in [0.15, 0.2) is 12.3 Å². The molecule has 2 aromatic rings. The van der Waals surface area contributed by atoms with Crippen LogP contribution in [0.25, 0.3) is 0 Å². The highest BCUT2D eigenvalue weighted by atomic mass is 19.4. The molecule has 0 radical (unpaired) electrons. The number of ether oxygens (including phenoxy) is 1. The monoisotopic (exact) mass is 353 g/mol. The lowest BCUT2D eigenvalue weighted by Gasteiger charge is -2.09. The molecule has 1 fully saturated rings. The Balaban J connectivity index is 1.50. The molecule has 1 aromatic heterocycles. The van der Waals surface area contributed by atoms with Crippen LogP contribution in [0.4, 0.5) is 13.2 Å². The summed E-state index contributed by atoms with van der Waals surface area (Å²) in [6.45, 7) is 0.237. The Morgan fingerprint density at radius 1 is 1.28 bits per heavy atom. The Labute approximate surface area is 142 Å². The molecule has 1 aliphatic carbocycles. The number of benzene rings is 1. The standard InChI is InChI=1S/C17H18F3N3O2/c18-17(19,20)15-10-14(12-6-7-12)23(22-15)9-8-21-16(24)11-25-13-4-2-1-3-5-13/h1-5,10,12H,6-9,11H2,(H,21,24). The summed E-state index contributed by atoms with van der Waals surface area (Å²) in [6.07, 6.45) is -2.71. The maximum atomic E-state index is 12.8. The van der Waals surface area contributed by atoms with Crippen molar-refractivity contribution in [2.45, 2.75) is 31.5 Å². The van der Waals surface area contributed by atoms with E-state index in [1.807, 2.05) is 6.07 Å². The molecule has 134 valence electrons. The van der Waals surface area contributed by atoms with Crippen LogP contribution < -0.4 is 10.1 Å². The molecule has 1 aromatic carbocycles. The first-order valence-electron chi connectivity index (χ1n) is 8.03. The van der Waals surface area contributed by atoms with Crippen molar-refractivity contribution >= 4 is 5.91 Å². The van der Waals surface area contributed by atoms with Gasteiger partial charge in [0, 0.05) is 18.2 Å². The molecule has 5 nitrogen and oxygen atoms in total. The van der Waals surface area contributed by atoms with Gasteiger partial charge in [0.1, 0.15) is 5.75 Å². The molecule has 1 heterocycles. The van der Waals surface area contributed by atoms with E-state index < -0.39 is 11.9 Å². The number of rotatable bonds is 7. The van der Waals surface area contributed by atoms with Gasteiger partial charge >= 0.3 is 6.18 Å². The second-order valence-electron chi connectivity index (χ2n) is 5.90. The lowest BCUT2D eigenvalue weighted by Crippen LogP contribution is -2.32. The van der Waals surface area contributed by atoms with Gasteiger partial charge in [-0.15, -0.1) is 0 Å². The van der Waals surface area contributed by atoms with Crippen LogP contribution in [-0.4, -0.2) is 28.8 Å². The third kappa shape index (κ3) is 4.74. The highest BCUT2D eigenvalue weighted by molar-refractivity contribution is 5.77. The predicted octanol–water partition coefficient (Wildman–Crippen LogP) is 2.97. The maximum absolute atomic E-state index is 12.8. The smallest absolute Gasteiger partial charge is 0.435 e. The zero-order valence-corrected chi connectivity index (χ0v) is 13.4. The number of hydrogen-bond acceptors (Lipinski definition) is 3. The summed E-state index contributed by atoms with van der Waals surface area (Å²) < 4.78 is 45.1. The second-order valence-corrected chi connectivity index (χ2v) is 5.90. The number of amides is 1. The number of aromatic nitrogens is 2. The minimum atomic E-state index is -4.46. The van der Waals surface area contributed by atoms with Gasteiger partial charge in [0.05, 0.1) is 6.54 Å². The van der Waals surface area contributed by atoms with Crippen molar-refractivity contribution in [3.8, 4) is 5.75 Å². The molecule has 0 unspecified atom stereocenters. The van der Waals surface area contributed by atoms with E-state index in [4.69, 9.17) is 4.74 Å². The summed E-state index contributed by atoms with van der Waals surface area (Å²) in [5.41, 5.74) is -0.296. The highest BCUT2D eigenvalue weighted by Crippen LogP contribution is 2.42. The fourth-order valence-corrected chi connectivity index (χ4v) is 2.47. The fourth-order valence-electron chi connectivity index (χ4n) is 2.47. The van der Waals surface area contributed by atoms with Crippen molar-refractivity contribution < 1.29 is 22.7 Å². The Kier molecular flexibility index (Phi) is 4.96. The van der Waals surface area contributed by atoms with Gasteiger partial charge in [-0.1, -0.05) is 18.2 Å². The SMILES string of the molecule is O=C(COc1ccccc1)NCCn1nc(C(F)(F)F)cc1C1CC1. The number of nitrogens with one attached hydrogen (secondary N) is 1. The Bertz CT molecular complexity index is 724. The average molecular weight is 353 g/mol. The molecular weight excluding hydrogens is 335 g/mol. The van der Waals surface area contributed by atoms with E-state index in [0.29, 0.717) is 11.4 Å². The molecule has 0 spiro atoms. The van der Waals surface area contributed by atoms with E-state index in [9.17, 15) is 18.0 Å². The van der Waals surface area contributed by atoms with Crippen LogP contribution in [-0.2, 0) is 17.5 Å². The van der Waals surface area contributed by atoms with Crippen molar-refractivity contribution in [3.63, 3.8) is 0 Å². The molecule has 1 saturated carbocycles. The molecule has 8 heteroatoms. The fraction of sp³-hybridized carbons (Fsp3) is 0.412. The average Bonchev–Trinajstić information content (AvgIpc) is 3.33. The van der Waals surface area contributed by atoms with Gasteiger partial charge in [-0.2, -0.15) is 18.3 Å². The van der Waals surface area contributed by atoms with E-state index in [-0.39, 0.29) is 31.5 Å². The highest BCUT2D eigenvalue weighted by Gasteiger charge is 2.37. The quantitative estimate of drug-likeness (QED) is 0.833. The summed E-state index contributed by atoms with van der Waals surface area (Å²) in [6, 6.07) is 10.0. The second kappa shape index (κ2) is 7.16. The molecular formula is C17H18F3N3O2. The van der Waals surface area contributed by atoms with E-state index >= 15 is 0 Å². The molecule has 1 aliphatic rings. The van der Waals surface area contributed by atoms with E-state index in [1.165, 1.54) is 4.68 Å². The van der Waals surface area contributed by atoms with E-state index in [2.05, 4.69) is 10.4 Å². The van der Waals surface area contributed by atoms with Crippen LogP contribution in [0.5, 0.6) is 5.75 Å². The van der Waals surface area contributed by atoms with Crippen LogP contribution >= 0.6 is 0 Å². The largest absolute Gasteiger partial charge is 0.484 e. The van der Waals surface area contributed by atoms with Crippen molar-refractivity contribution in [3.05, 3.63) is 47.8 Å². The summed E-state index contributed by atoms with van der Waals surface area (Å²) in [5, 5.41) is 6.27. The van der Waals surface area contributed by atoms with Crippen LogP contribution in [0, 0.1) is 0 Å². The number of nitrogens with zero attached hydrogens (tertiary/aromatic N) is 2. The minimum Gasteiger partial charge on any atom is -0.484 e. The first-order valence-corrected chi connectivity index (χ1v) is 8.03. The van der Waals surface area contributed by atoms with Crippen LogP contribution in [0.3, 0.4) is 0 Å². The van der Waals surface area contributed by atoms with Crippen molar-refractivity contribution in [2.75, 3.05) is 13.2 Å². The number of para-hydroxylation sites is 1. The van der Waals surface area contributed by atoms with Gasteiger partial charge < -0.3 is 10.1 Å². The Hall–Kier alpha value is -2.51. The molecule has 3 rings (SSSR count). The lowest BCUT2D eigenvalue weighted by atomic mass is 10.2. The number of hydrogen-bond donors (Lipinski definition) is 1. The third-order valence-corrected chi connectivity index (χ3v) is 3.86. The molecule has 0 bridgehead atoms. The van der Waals surface area contributed by atoms with Crippen LogP contribution in [0.1, 0.15) is 30.1 Å². The Morgan fingerprint density at radius 2 is 2.00 bits per heavy atom. The molecule has 0 atom stereocenters. The van der Waals surface area contributed by atoms with Gasteiger partial charge in [-0.05, 0) is 31.0 Å². The Morgan fingerprint density at radius 3 is 2.64 bits per heavy atom. The van der Waals surface area contributed by atoms with Crippen molar-refractivity contribution in [1.29, 1.82) is 0 Å².